The van der Waals surface area contributed by atoms with E-state index in [1.54, 1.807) is 31.2 Å². The van der Waals surface area contributed by atoms with Gasteiger partial charge < -0.3 is 10.2 Å². The molecule has 25 heavy (non-hydrogen) atoms. The highest BCUT2D eigenvalue weighted by Crippen LogP contribution is 2.20. The number of aryl methyl sites for hydroxylation is 1. The van der Waals surface area contributed by atoms with Gasteiger partial charge in [0.2, 0.25) is 0 Å². The van der Waals surface area contributed by atoms with Gasteiger partial charge in [-0.1, -0.05) is 0 Å². The van der Waals surface area contributed by atoms with E-state index in [0.717, 1.165) is 5.56 Å². The molecule has 1 aromatic carbocycles. The minimum Gasteiger partial charge on any atom is -0.321 e. The molecule has 0 bridgehead atoms. The second kappa shape index (κ2) is 7.04. The van der Waals surface area contributed by atoms with E-state index in [1.165, 1.54) is 16.0 Å². The number of thiophene rings is 1. The smallest absolute Gasteiger partial charge is 0.321 e. The first kappa shape index (κ1) is 17.1. The lowest BCUT2D eigenvalue weighted by atomic mass is 10.2. The van der Waals surface area contributed by atoms with Crippen LogP contribution in [0.15, 0.2) is 40.5 Å². The van der Waals surface area contributed by atoms with Gasteiger partial charge in [0.15, 0.2) is 0 Å². The third kappa shape index (κ3) is 3.86. The molecule has 8 heteroatoms. The molecular formula is C17H19N5O2S. The van der Waals surface area contributed by atoms with Crippen molar-refractivity contribution in [2.24, 2.45) is 0 Å². The van der Waals surface area contributed by atoms with Gasteiger partial charge >= 0.3 is 5.69 Å². The number of rotatable bonds is 5. The van der Waals surface area contributed by atoms with Crippen molar-refractivity contribution in [2.45, 2.75) is 13.5 Å². The van der Waals surface area contributed by atoms with Crippen LogP contribution in [0, 0.1) is 6.92 Å². The van der Waals surface area contributed by atoms with E-state index in [1.807, 2.05) is 30.4 Å². The van der Waals surface area contributed by atoms with Gasteiger partial charge in [0, 0.05) is 12.2 Å². The molecule has 2 aromatic heterocycles. The number of hydrogen-bond acceptors (Lipinski definition) is 5. The minimum absolute atomic E-state index is 0.132. The van der Waals surface area contributed by atoms with Crippen LogP contribution < -0.4 is 11.0 Å². The zero-order chi connectivity index (χ0) is 18.0. The molecule has 0 unspecified atom stereocenters. The van der Waals surface area contributed by atoms with Gasteiger partial charge in [0.05, 0.1) is 10.6 Å². The standard InChI is InChI=1S/C17H19N5O2S/c1-11-18-17(24)22(20-11)14-6-4-13(5-7-14)19-16(23)15-12(8-9-25-15)10-21(2)3/h4-9H,10H2,1-3H3,(H,19,23)(H,18,20,24). The number of benzene rings is 1. The molecule has 0 aliphatic rings. The predicted octanol–water partition coefficient (Wildman–Crippen LogP) is 2.24. The van der Waals surface area contributed by atoms with Crippen LogP contribution in [-0.2, 0) is 6.54 Å². The quantitative estimate of drug-likeness (QED) is 0.734. The summed E-state index contributed by atoms with van der Waals surface area (Å²) < 4.78 is 1.29. The van der Waals surface area contributed by atoms with Crippen LogP contribution in [0.5, 0.6) is 0 Å². The molecule has 0 aliphatic heterocycles. The molecule has 3 aromatic rings. The fraction of sp³-hybridized carbons (Fsp3) is 0.235. The average Bonchev–Trinajstić information content (AvgIpc) is 3.13. The van der Waals surface area contributed by atoms with Gasteiger partial charge in [0.25, 0.3) is 5.91 Å². The SMILES string of the molecule is Cc1nn(-c2ccc(NC(=O)c3sccc3CN(C)C)cc2)c(=O)[nH]1. The van der Waals surface area contributed by atoms with E-state index in [2.05, 4.69) is 15.4 Å². The fourth-order valence-corrected chi connectivity index (χ4v) is 3.29. The largest absolute Gasteiger partial charge is 0.348 e. The normalized spacial score (nSPS) is 11.0. The Kier molecular flexibility index (Phi) is 4.82. The number of nitrogens with zero attached hydrogens (tertiary/aromatic N) is 3. The highest BCUT2D eigenvalue weighted by Gasteiger charge is 2.14. The molecule has 7 nitrogen and oxygen atoms in total. The first-order valence-electron chi connectivity index (χ1n) is 7.73. The van der Waals surface area contributed by atoms with Crippen molar-refractivity contribution >= 4 is 22.9 Å². The Bertz CT molecular complexity index is 937. The van der Waals surface area contributed by atoms with Crippen LogP contribution >= 0.6 is 11.3 Å². The Hall–Kier alpha value is -2.71. The van der Waals surface area contributed by atoms with Gasteiger partial charge in [0.1, 0.15) is 5.82 Å². The Labute approximate surface area is 148 Å². The average molecular weight is 357 g/mol. The predicted molar refractivity (Wildman–Crippen MR) is 98.6 cm³/mol. The number of hydrogen-bond donors (Lipinski definition) is 2. The first-order chi connectivity index (χ1) is 11.9. The van der Waals surface area contributed by atoms with Crippen molar-refractivity contribution in [3.63, 3.8) is 0 Å². The maximum atomic E-state index is 12.5. The van der Waals surface area contributed by atoms with E-state index in [9.17, 15) is 9.59 Å². The van der Waals surface area contributed by atoms with Crippen molar-refractivity contribution in [1.29, 1.82) is 0 Å². The number of nitrogens with one attached hydrogen (secondary N) is 2. The van der Waals surface area contributed by atoms with Gasteiger partial charge in [-0.05, 0) is 62.3 Å². The highest BCUT2D eigenvalue weighted by molar-refractivity contribution is 7.12. The van der Waals surface area contributed by atoms with Crippen LogP contribution in [0.4, 0.5) is 5.69 Å². The second-order valence-electron chi connectivity index (χ2n) is 5.94. The number of aromatic nitrogens is 3. The second-order valence-corrected chi connectivity index (χ2v) is 6.86. The lowest BCUT2D eigenvalue weighted by Crippen LogP contribution is -2.17. The van der Waals surface area contributed by atoms with Crippen LogP contribution in [-0.4, -0.2) is 39.7 Å². The monoisotopic (exact) mass is 357 g/mol. The Balaban J connectivity index is 1.76. The van der Waals surface area contributed by atoms with Crippen LogP contribution in [0.1, 0.15) is 21.1 Å². The van der Waals surface area contributed by atoms with Crippen molar-refractivity contribution in [3.8, 4) is 5.69 Å². The number of carbonyl (C=O) groups is 1. The molecule has 2 heterocycles. The van der Waals surface area contributed by atoms with Crippen LogP contribution in [0.25, 0.3) is 5.69 Å². The molecule has 0 saturated heterocycles. The number of H-pyrrole nitrogens is 1. The van der Waals surface area contributed by atoms with Crippen LogP contribution in [0.3, 0.4) is 0 Å². The first-order valence-corrected chi connectivity index (χ1v) is 8.61. The summed E-state index contributed by atoms with van der Waals surface area (Å²) in [6.07, 6.45) is 0. The lowest BCUT2D eigenvalue weighted by Gasteiger charge is -2.11. The number of anilines is 1. The number of carbonyl (C=O) groups excluding carboxylic acids is 1. The van der Waals surface area contributed by atoms with E-state index in [-0.39, 0.29) is 11.6 Å². The van der Waals surface area contributed by atoms with E-state index in [0.29, 0.717) is 28.6 Å². The molecule has 0 saturated carbocycles. The molecule has 3 rings (SSSR count). The highest BCUT2D eigenvalue weighted by atomic mass is 32.1. The summed E-state index contributed by atoms with van der Waals surface area (Å²) >= 11 is 1.43. The number of aromatic amines is 1. The summed E-state index contributed by atoms with van der Waals surface area (Å²) in [7, 11) is 3.94. The van der Waals surface area contributed by atoms with Gasteiger partial charge in [-0.2, -0.15) is 9.78 Å². The summed E-state index contributed by atoms with van der Waals surface area (Å²) in [6, 6.07) is 8.96. The Morgan fingerprint density at radius 3 is 2.60 bits per heavy atom. The number of amides is 1. The molecule has 130 valence electrons. The zero-order valence-electron chi connectivity index (χ0n) is 14.2. The van der Waals surface area contributed by atoms with Crippen molar-refractivity contribution in [2.75, 3.05) is 19.4 Å². The fourth-order valence-electron chi connectivity index (χ4n) is 2.48. The maximum Gasteiger partial charge on any atom is 0.348 e. The minimum atomic E-state index is -0.291. The third-order valence-corrected chi connectivity index (χ3v) is 4.49. The molecular weight excluding hydrogens is 338 g/mol. The summed E-state index contributed by atoms with van der Waals surface area (Å²) in [6.45, 7) is 2.44. The van der Waals surface area contributed by atoms with Gasteiger partial charge in [-0.3, -0.25) is 9.78 Å². The molecule has 2 N–H and O–H groups in total. The Morgan fingerprint density at radius 2 is 2.00 bits per heavy atom. The molecule has 0 radical (unpaired) electrons. The van der Waals surface area contributed by atoms with Crippen LogP contribution in [0.2, 0.25) is 0 Å². The molecule has 1 amide bonds. The van der Waals surface area contributed by atoms with Crippen molar-refractivity contribution < 1.29 is 4.79 Å². The molecule has 0 atom stereocenters. The van der Waals surface area contributed by atoms with Gasteiger partial charge in [-0.15, -0.1) is 11.3 Å². The molecule has 0 aliphatic carbocycles. The van der Waals surface area contributed by atoms with E-state index < -0.39 is 0 Å². The molecule has 0 fully saturated rings. The van der Waals surface area contributed by atoms with E-state index in [4.69, 9.17) is 0 Å². The van der Waals surface area contributed by atoms with Gasteiger partial charge in [-0.25, -0.2) is 4.79 Å². The lowest BCUT2D eigenvalue weighted by molar-refractivity contribution is 0.102. The maximum absolute atomic E-state index is 12.5. The topological polar surface area (TPSA) is 83.0 Å². The van der Waals surface area contributed by atoms with E-state index >= 15 is 0 Å². The van der Waals surface area contributed by atoms with Crippen molar-refractivity contribution in [3.05, 3.63) is 62.5 Å². The molecule has 0 spiro atoms. The summed E-state index contributed by atoms with van der Waals surface area (Å²) in [4.78, 5) is 29.6. The third-order valence-electron chi connectivity index (χ3n) is 3.54. The van der Waals surface area contributed by atoms with Crippen molar-refractivity contribution in [1.82, 2.24) is 19.7 Å². The zero-order valence-corrected chi connectivity index (χ0v) is 15.1. The summed E-state index contributed by atoms with van der Waals surface area (Å²) in [5, 5.41) is 8.92. The summed E-state index contributed by atoms with van der Waals surface area (Å²) in [5.74, 6) is 0.417. The summed E-state index contributed by atoms with van der Waals surface area (Å²) in [5.41, 5.74) is 2.01. The Morgan fingerprint density at radius 1 is 1.28 bits per heavy atom.